The lowest BCUT2D eigenvalue weighted by Crippen LogP contribution is -2.26. The van der Waals surface area contributed by atoms with Crippen LogP contribution in [0.15, 0.2) is 54.6 Å². The third kappa shape index (κ3) is 5.17. The molecule has 0 saturated carbocycles. The van der Waals surface area contributed by atoms with Crippen LogP contribution in [-0.2, 0) is 9.59 Å². The van der Waals surface area contributed by atoms with Crippen molar-refractivity contribution in [3.63, 3.8) is 0 Å². The first kappa shape index (κ1) is 19.2. The molecule has 0 fully saturated rings. The summed E-state index contributed by atoms with van der Waals surface area (Å²) in [4.78, 5) is 36.1. The van der Waals surface area contributed by atoms with E-state index < -0.39 is 17.8 Å². The van der Waals surface area contributed by atoms with Crippen LogP contribution < -0.4 is 10.6 Å². The molecule has 0 spiro atoms. The number of amides is 2. The van der Waals surface area contributed by atoms with Gasteiger partial charge in [0.15, 0.2) is 0 Å². The van der Waals surface area contributed by atoms with E-state index in [0.29, 0.717) is 23.4 Å². The minimum atomic E-state index is -1.07. The van der Waals surface area contributed by atoms with Crippen LogP contribution in [0.25, 0.3) is 0 Å². The van der Waals surface area contributed by atoms with Crippen LogP contribution in [-0.4, -0.2) is 29.4 Å². The molecule has 2 rings (SSSR count). The number of carbonyl (C=O) groups is 3. The number of benzene rings is 2. The minimum Gasteiger partial charge on any atom is -0.481 e. The molecule has 26 heavy (non-hydrogen) atoms. The Kier molecular flexibility index (Phi) is 6.91. The Labute approximate surface area is 152 Å². The summed E-state index contributed by atoms with van der Waals surface area (Å²) in [7, 11) is 0. The second-order valence-corrected chi connectivity index (χ2v) is 5.86. The molecule has 0 saturated heterocycles. The lowest BCUT2D eigenvalue weighted by molar-refractivity contribution is -0.140. The SMILES string of the molecule is CCCNC(=O)c1ccccc1NC(=O)C[C@H](C(=O)O)c1ccccc1. The predicted molar refractivity (Wildman–Crippen MR) is 99.1 cm³/mol. The van der Waals surface area contributed by atoms with Crippen LogP contribution in [0.2, 0.25) is 0 Å². The molecule has 0 aliphatic heterocycles. The van der Waals surface area contributed by atoms with E-state index in [4.69, 9.17) is 0 Å². The van der Waals surface area contributed by atoms with Gasteiger partial charge in [-0.25, -0.2) is 0 Å². The first-order chi connectivity index (χ1) is 12.5. The van der Waals surface area contributed by atoms with E-state index in [9.17, 15) is 19.5 Å². The number of hydrogen-bond acceptors (Lipinski definition) is 3. The van der Waals surface area contributed by atoms with Crippen LogP contribution >= 0.6 is 0 Å². The van der Waals surface area contributed by atoms with Gasteiger partial charge in [-0.2, -0.15) is 0 Å². The second kappa shape index (κ2) is 9.36. The maximum Gasteiger partial charge on any atom is 0.311 e. The van der Waals surface area contributed by atoms with Gasteiger partial charge in [0.2, 0.25) is 5.91 Å². The predicted octanol–water partition coefficient (Wildman–Crippen LogP) is 3.02. The van der Waals surface area contributed by atoms with E-state index in [2.05, 4.69) is 10.6 Å². The molecule has 0 radical (unpaired) electrons. The Morgan fingerprint density at radius 1 is 1.00 bits per heavy atom. The molecule has 0 unspecified atom stereocenters. The topological polar surface area (TPSA) is 95.5 Å². The fourth-order valence-electron chi connectivity index (χ4n) is 2.54. The summed E-state index contributed by atoms with van der Waals surface area (Å²) in [6.07, 6.45) is 0.585. The molecule has 6 heteroatoms. The first-order valence-electron chi connectivity index (χ1n) is 8.47. The van der Waals surface area contributed by atoms with E-state index in [1.165, 1.54) is 0 Å². The highest BCUT2D eigenvalue weighted by Crippen LogP contribution is 2.22. The van der Waals surface area contributed by atoms with Crippen molar-refractivity contribution in [1.29, 1.82) is 0 Å². The van der Waals surface area contributed by atoms with Crippen molar-refractivity contribution in [2.24, 2.45) is 0 Å². The Bertz CT molecular complexity index is 774. The fraction of sp³-hybridized carbons (Fsp3) is 0.250. The molecular formula is C20H22N2O4. The van der Waals surface area contributed by atoms with E-state index in [1.54, 1.807) is 54.6 Å². The summed E-state index contributed by atoms with van der Waals surface area (Å²) in [6, 6.07) is 15.3. The smallest absolute Gasteiger partial charge is 0.311 e. The maximum absolute atomic E-state index is 12.4. The number of para-hydroxylation sites is 1. The molecule has 136 valence electrons. The number of carboxylic acids is 1. The van der Waals surface area contributed by atoms with Crippen LogP contribution in [0.4, 0.5) is 5.69 Å². The summed E-state index contributed by atoms with van der Waals surface area (Å²) in [5.74, 6) is -2.75. The molecule has 0 aromatic heterocycles. The molecule has 3 N–H and O–H groups in total. The van der Waals surface area contributed by atoms with Gasteiger partial charge < -0.3 is 15.7 Å². The van der Waals surface area contributed by atoms with Gasteiger partial charge in [0, 0.05) is 13.0 Å². The van der Waals surface area contributed by atoms with Crippen LogP contribution in [0.1, 0.15) is 41.6 Å². The third-order valence-corrected chi connectivity index (χ3v) is 3.87. The molecule has 2 aromatic rings. The largest absolute Gasteiger partial charge is 0.481 e. The van der Waals surface area contributed by atoms with Gasteiger partial charge in [-0.15, -0.1) is 0 Å². The highest BCUT2D eigenvalue weighted by Gasteiger charge is 2.23. The monoisotopic (exact) mass is 354 g/mol. The fourth-order valence-corrected chi connectivity index (χ4v) is 2.54. The lowest BCUT2D eigenvalue weighted by Gasteiger charge is -2.14. The van der Waals surface area contributed by atoms with E-state index in [1.807, 2.05) is 6.92 Å². The van der Waals surface area contributed by atoms with Gasteiger partial charge in [-0.05, 0) is 24.1 Å². The summed E-state index contributed by atoms with van der Waals surface area (Å²) >= 11 is 0. The molecule has 1 atom stereocenters. The van der Waals surface area contributed by atoms with Gasteiger partial charge in [0.05, 0.1) is 17.2 Å². The van der Waals surface area contributed by atoms with Crippen molar-refractivity contribution in [1.82, 2.24) is 5.32 Å². The highest BCUT2D eigenvalue weighted by molar-refractivity contribution is 6.04. The number of nitrogens with one attached hydrogen (secondary N) is 2. The molecule has 6 nitrogen and oxygen atoms in total. The maximum atomic E-state index is 12.4. The summed E-state index contributed by atoms with van der Waals surface area (Å²) < 4.78 is 0. The minimum absolute atomic E-state index is 0.218. The van der Waals surface area contributed by atoms with Crippen molar-refractivity contribution in [2.75, 3.05) is 11.9 Å². The summed E-state index contributed by atoms with van der Waals surface area (Å²) in [6.45, 7) is 2.49. The molecular weight excluding hydrogens is 332 g/mol. The number of carbonyl (C=O) groups excluding carboxylic acids is 2. The molecule has 2 aromatic carbocycles. The number of hydrogen-bond donors (Lipinski definition) is 3. The Morgan fingerprint density at radius 3 is 2.31 bits per heavy atom. The molecule has 0 aliphatic carbocycles. The summed E-state index contributed by atoms with van der Waals surface area (Å²) in [5, 5.41) is 14.9. The summed E-state index contributed by atoms with van der Waals surface area (Å²) in [5.41, 5.74) is 1.27. The highest BCUT2D eigenvalue weighted by atomic mass is 16.4. The van der Waals surface area contributed by atoms with Crippen LogP contribution in [0, 0.1) is 0 Å². The normalized spacial score (nSPS) is 11.4. The van der Waals surface area contributed by atoms with E-state index in [-0.39, 0.29) is 12.3 Å². The van der Waals surface area contributed by atoms with E-state index >= 15 is 0 Å². The third-order valence-electron chi connectivity index (χ3n) is 3.87. The zero-order chi connectivity index (χ0) is 18.9. The molecule has 2 amide bonds. The van der Waals surface area contributed by atoms with Gasteiger partial charge in [-0.1, -0.05) is 49.4 Å². The van der Waals surface area contributed by atoms with Crippen LogP contribution in [0.5, 0.6) is 0 Å². The number of rotatable bonds is 8. The van der Waals surface area contributed by atoms with Gasteiger partial charge >= 0.3 is 5.97 Å². The first-order valence-corrected chi connectivity index (χ1v) is 8.47. The average molecular weight is 354 g/mol. The Hall–Kier alpha value is -3.15. The van der Waals surface area contributed by atoms with Crippen molar-refractivity contribution < 1.29 is 19.5 Å². The lowest BCUT2D eigenvalue weighted by atomic mass is 9.95. The van der Waals surface area contributed by atoms with Crippen LogP contribution in [0.3, 0.4) is 0 Å². The quantitative estimate of drug-likeness (QED) is 0.679. The molecule has 0 aliphatic rings. The molecule has 0 heterocycles. The van der Waals surface area contributed by atoms with Crippen molar-refractivity contribution in [3.05, 3.63) is 65.7 Å². The number of anilines is 1. The number of aliphatic carboxylic acids is 1. The zero-order valence-corrected chi connectivity index (χ0v) is 14.6. The second-order valence-electron chi connectivity index (χ2n) is 5.86. The zero-order valence-electron chi connectivity index (χ0n) is 14.6. The van der Waals surface area contributed by atoms with Gasteiger partial charge in [0.1, 0.15) is 0 Å². The molecule has 0 bridgehead atoms. The van der Waals surface area contributed by atoms with Gasteiger partial charge in [-0.3, -0.25) is 14.4 Å². The number of carboxylic acid groups (broad SMARTS) is 1. The standard InChI is InChI=1S/C20H22N2O4/c1-2-12-21-19(24)15-10-6-7-11-17(15)22-18(23)13-16(20(25)26)14-8-4-3-5-9-14/h3-11,16H,2,12-13H2,1H3,(H,21,24)(H,22,23)(H,25,26)/t16-/m0/s1. The van der Waals surface area contributed by atoms with Gasteiger partial charge in [0.25, 0.3) is 5.91 Å². The van der Waals surface area contributed by atoms with Crippen molar-refractivity contribution in [3.8, 4) is 0 Å². The average Bonchev–Trinajstić information content (AvgIpc) is 2.65. The Balaban J connectivity index is 2.12. The van der Waals surface area contributed by atoms with E-state index in [0.717, 1.165) is 6.42 Å². The van der Waals surface area contributed by atoms with Crippen molar-refractivity contribution >= 4 is 23.5 Å². The Morgan fingerprint density at radius 2 is 1.65 bits per heavy atom. The van der Waals surface area contributed by atoms with Crippen molar-refractivity contribution in [2.45, 2.75) is 25.7 Å².